The number of hydrogen-bond acceptors (Lipinski definition) is 5. The van der Waals surface area contributed by atoms with Gasteiger partial charge < -0.3 is 4.18 Å². The molecule has 0 unspecified atom stereocenters. The average molecular weight is 366 g/mol. The van der Waals surface area contributed by atoms with Gasteiger partial charge in [-0.25, -0.2) is 17.9 Å². The smallest absolute Gasteiger partial charge is 0.342 e. The fourth-order valence-corrected chi connectivity index (χ4v) is 3.74. The molecule has 0 atom stereocenters. The van der Waals surface area contributed by atoms with Crippen molar-refractivity contribution in [2.75, 3.05) is 0 Å². The van der Waals surface area contributed by atoms with E-state index in [2.05, 4.69) is 0 Å². The minimum absolute atomic E-state index is 0.0611. The summed E-state index contributed by atoms with van der Waals surface area (Å²) in [4.78, 5) is -1.70. The third-order valence-electron chi connectivity index (χ3n) is 2.51. The lowest BCUT2D eigenvalue weighted by atomic mass is 10.3. The zero-order valence-electron chi connectivity index (χ0n) is 10.7. The highest BCUT2D eigenvalue weighted by Crippen LogP contribution is 2.28. The molecule has 2 aromatic rings. The van der Waals surface area contributed by atoms with Gasteiger partial charge in [0.1, 0.15) is 21.4 Å². The van der Waals surface area contributed by atoms with Crippen molar-refractivity contribution in [3.63, 3.8) is 0 Å². The third-order valence-corrected chi connectivity index (χ3v) is 5.15. The highest BCUT2D eigenvalue weighted by molar-refractivity contribution is 7.89. The van der Waals surface area contributed by atoms with E-state index < -0.39 is 40.8 Å². The Morgan fingerprint density at radius 3 is 2.14 bits per heavy atom. The van der Waals surface area contributed by atoms with Crippen LogP contribution in [-0.2, 0) is 20.1 Å². The molecule has 0 aliphatic carbocycles. The summed E-state index contributed by atoms with van der Waals surface area (Å²) in [5, 5.41) is 4.37. The van der Waals surface area contributed by atoms with Crippen molar-refractivity contribution in [1.82, 2.24) is 0 Å². The molecule has 0 amide bonds. The Morgan fingerprint density at radius 2 is 1.59 bits per heavy atom. The van der Waals surface area contributed by atoms with E-state index >= 15 is 0 Å². The first-order chi connectivity index (χ1) is 10.1. The van der Waals surface area contributed by atoms with Gasteiger partial charge >= 0.3 is 10.1 Å². The molecule has 0 radical (unpaired) electrons. The van der Waals surface area contributed by atoms with Gasteiger partial charge in [0.15, 0.2) is 0 Å². The predicted molar refractivity (Wildman–Crippen MR) is 77.0 cm³/mol. The lowest BCUT2D eigenvalue weighted by Crippen LogP contribution is -2.16. The lowest BCUT2D eigenvalue weighted by Gasteiger charge is -2.10. The maximum atomic E-state index is 13.8. The van der Waals surface area contributed by atoms with Crippen molar-refractivity contribution in [3.05, 3.63) is 53.3 Å². The van der Waals surface area contributed by atoms with Gasteiger partial charge in [0.2, 0.25) is 10.0 Å². The van der Waals surface area contributed by atoms with Crippen LogP contribution in [0.3, 0.4) is 0 Å². The molecule has 22 heavy (non-hydrogen) atoms. The first kappa shape index (κ1) is 16.7. The van der Waals surface area contributed by atoms with Crippen LogP contribution in [0.25, 0.3) is 0 Å². The largest absolute Gasteiger partial charge is 0.379 e. The summed E-state index contributed by atoms with van der Waals surface area (Å²) < 4.78 is 65.4. The van der Waals surface area contributed by atoms with Crippen LogP contribution in [0.2, 0.25) is 5.02 Å². The number of benzene rings is 2. The van der Waals surface area contributed by atoms with Gasteiger partial charge in [-0.05, 0) is 24.3 Å². The molecule has 0 aromatic heterocycles. The second-order valence-corrected chi connectivity index (χ2v) is 7.56. The number of rotatable bonds is 4. The van der Waals surface area contributed by atoms with Crippen molar-refractivity contribution in [3.8, 4) is 5.75 Å². The normalized spacial score (nSPS) is 12.1. The summed E-state index contributed by atoms with van der Waals surface area (Å²) in [6, 6.07) is 8.39. The van der Waals surface area contributed by atoms with E-state index in [1.165, 1.54) is 24.3 Å². The maximum Gasteiger partial charge on any atom is 0.342 e. The van der Waals surface area contributed by atoms with Crippen molar-refractivity contribution >= 4 is 31.7 Å². The monoisotopic (exact) mass is 365 g/mol. The zero-order valence-corrected chi connectivity index (χ0v) is 13.1. The number of para-hydroxylation sites is 1. The molecule has 0 spiro atoms. The van der Waals surface area contributed by atoms with Crippen LogP contribution < -0.4 is 9.32 Å². The summed E-state index contributed by atoms with van der Waals surface area (Å²) in [6.45, 7) is 0. The number of primary sulfonamides is 1. The van der Waals surface area contributed by atoms with Crippen LogP contribution >= 0.6 is 11.6 Å². The predicted octanol–water partition coefficient (Wildman–Crippen LogP) is 1.89. The van der Waals surface area contributed by atoms with Crippen molar-refractivity contribution in [2.45, 2.75) is 9.79 Å². The van der Waals surface area contributed by atoms with E-state index in [9.17, 15) is 21.2 Å². The molecule has 2 N–H and O–H groups in total. The molecule has 0 heterocycles. The summed E-state index contributed by atoms with van der Waals surface area (Å²) in [6.07, 6.45) is 0. The Hall–Kier alpha value is -1.68. The van der Waals surface area contributed by atoms with E-state index in [1.807, 2.05) is 0 Å². The van der Waals surface area contributed by atoms with Gasteiger partial charge in [-0.3, -0.25) is 0 Å². The van der Waals surface area contributed by atoms with E-state index in [0.29, 0.717) is 12.1 Å². The molecular weight excluding hydrogens is 357 g/mol. The quantitative estimate of drug-likeness (QED) is 0.833. The summed E-state index contributed by atoms with van der Waals surface area (Å²) in [5.74, 6) is -1.32. The SMILES string of the molecule is NS(=O)(=O)c1cc(S(=O)(=O)Oc2ccccc2)c(F)cc1Cl. The minimum atomic E-state index is -4.60. The molecule has 0 aliphatic heterocycles. The number of nitrogens with two attached hydrogens (primary N) is 1. The fourth-order valence-electron chi connectivity index (χ4n) is 1.57. The van der Waals surface area contributed by atoms with E-state index in [1.54, 1.807) is 6.07 Å². The molecule has 0 aliphatic rings. The zero-order chi connectivity index (χ0) is 16.5. The molecule has 10 heteroatoms. The Bertz CT molecular complexity index is 914. The maximum absolute atomic E-state index is 13.8. The molecule has 0 bridgehead atoms. The minimum Gasteiger partial charge on any atom is -0.379 e. The third kappa shape index (κ3) is 3.55. The van der Waals surface area contributed by atoms with Crippen LogP contribution in [0.5, 0.6) is 5.75 Å². The fraction of sp³-hybridized carbons (Fsp3) is 0. The highest BCUT2D eigenvalue weighted by atomic mass is 35.5. The van der Waals surface area contributed by atoms with E-state index in [4.69, 9.17) is 20.9 Å². The van der Waals surface area contributed by atoms with Crippen LogP contribution in [0.1, 0.15) is 0 Å². The highest BCUT2D eigenvalue weighted by Gasteiger charge is 2.26. The topological polar surface area (TPSA) is 104 Å². The molecule has 0 saturated carbocycles. The summed E-state index contributed by atoms with van der Waals surface area (Å²) in [7, 11) is -8.92. The standard InChI is InChI=1S/C12H9ClFNO5S2/c13-9-6-10(14)12(7-11(9)21(15,16)17)22(18,19)20-8-4-2-1-3-5-8/h1-7H,(H2,15,16,17). The molecule has 0 fully saturated rings. The number of halogens is 2. The van der Waals surface area contributed by atoms with Crippen LogP contribution in [-0.4, -0.2) is 16.8 Å². The molecule has 0 saturated heterocycles. The van der Waals surface area contributed by atoms with Gasteiger partial charge in [0.25, 0.3) is 0 Å². The van der Waals surface area contributed by atoms with Gasteiger partial charge in [-0.2, -0.15) is 8.42 Å². The van der Waals surface area contributed by atoms with Gasteiger partial charge in [0.05, 0.1) is 5.02 Å². The number of sulfonamides is 1. The summed E-state index contributed by atoms with van der Waals surface area (Å²) >= 11 is 5.56. The van der Waals surface area contributed by atoms with Gasteiger partial charge in [-0.1, -0.05) is 29.8 Å². The van der Waals surface area contributed by atoms with Crippen LogP contribution in [0.4, 0.5) is 4.39 Å². The lowest BCUT2D eigenvalue weighted by molar-refractivity contribution is 0.476. The molecular formula is C12H9ClFNO5S2. The van der Waals surface area contributed by atoms with Crippen LogP contribution in [0, 0.1) is 5.82 Å². The summed E-state index contributed by atoms with van der Waals surface area (Å²) in [5.41, 5.74) is 0. The van der Waals surface area contributed by atoms with Crippen molar-refractivity contribution < 1.29 is 25.4 Å². The molecule has 2 aromatic carbocycles. The Morgan fingerprint density at radius 1 is 1.00 bits per heavy atom. The second-order valence-electron chi connectivity index (χ2n) is 4.11. The Labute approximate surface area is 131 Å². The Kier molecular flexibility index (Phi) is 4.43. The Balaban J connectivity index is 2.56. The van der Waals surface area contributed by atoms with Crippen molar-refractivity contribution in [2.24, 2.45) is 5.14 Å². The van der Waals surface area contributed by atoms with Gasteiger partial charge in [0, 0.05) is 0 Å². The van der Waals surface area contributed by atoms with Crippen LogP contribution in [0.15, 0.2) is 52.3 Å². The number of hydrogen-bond donors (Lipinski definition) is 1. The first-order valence-corrected chi connectivity index (χ1v) is 8.96. The van der Waals surface area contributed by atoms with E-state index in [0.717, 1.165) is 0 Å². The van der Waals surface area contributed by atoms with E-state index in [-0.39, 0.29) is 5.75 Å². The molecule has 2 rings (SSSR count). The first-order valence-electron chi connectivity index (χ1n) is 5.62. The average Bonchev–Trinajstić information content (AvgIpc) is 2.37. The van der Waals surface area contributed by atoms with Crippen molar-refractivity contribution in [1.29, 1.82) is 0 Å². The molecule has 118 valence electrons. The molecule has 6 nitrogen and oxygen atoms in total. The second kappa shape index (κ2) is 5.84. The van der Waals surface area contributed by atoms with Gasteiger partial charge in [-0.15, -0.1) is 0 Å².